The fourth-order valence-corrected chi connectivity index (χ4v) is 2.11. The van der Waals surface area contributed by atoms with Gasteiger partial charge in [-0.25, -0.2) is 0 Å². The van der Waals surface area contributed by atoms with Crippen LogP contribution >= 0.6 is 11.6 Å². The van der Waals surface area contributed by atoms with Crippen molar-refractivity contribution in [1.29, 1.82) is 0 Å². The van der Waals surface area contributed by atoms with Gasteiger partial charge in [-0.3, -0.25) is 4.79 Å². The zero-order valence-corrected chi connectivity index (χ0v) is 11.9. The lowest BCUT2D eigenvalue weighted by atomic mass is 10.0. The third-order valence-corrected chi connectivity index (χ3v) is 3.43. The third-order valence-electron chi connectivity index (χ3n) is 3.13. The Kier molecular flexibility index (Phi) is 6.81. The number of halogens is 1. The van der Waals surface area contributed by atoms with Crippen LogP contribution in [0.15, 0.2) is 18.2 Å². The van der Waals surface area contributed by atoms with Crippen LogP contribution in [-0.2, 0) is 0 Å². The summed E-state index contributed by atoms with van der Waals surface area (Å²) in [6, 6.07) is 5.23. The molecule has 0 aromatic heterocycles. The van der Waals surface area contributed by atoms with Gasteiger partial charge in [0.15, 0.2) is 6.29 Å². The minimum Gasteiger partial charge on any atom is -0.491 e. The number of aldehydes is 1. The highest BCUT2D eigenvalue weighted by Crippen LogP contribution is 2.28. The van der Waals surface area contributed by atoms with Gasteiger partial charge in [0.25, 0.3) is 0 Å². The topological polar surface area (TPSA) is 26.3 Å². The Hall–Kier alpha value is -1.02. The molecule has 0 aliphatic heterocycles. The van der Waals surface area contributed by atoms with Gasteiger partial charge < -0.3 is 4.74 Å². The van der Waals surface area contributed by atoms with E-state index >= 15 is 0 Å². The summed E-state index contributed by atoms with van der Waals surface area (Å²) in [6.07, 6.45) is 5.44. The molecule has 1 aromatic rings. The van der Waals surface area contributed by atoms with Crippen molar-refractivity contribution in [3.05, 3.63) is 28.8 Å². The summed E-state index contributed by atoms with van der Waals surface area (Å²) in [5.74, 6) is 1.05. The van der Waals surface area contributed by atoms with Crippen molar-refractivity contribution in [3.63, 3.8) is 0 Å². The molecule has 0 saturated carbocycles. The molecule has 2 nitrogen and oxygen atoms in total. The highest BCUT2D eigenvalue weighted by atomic mass is 35.5. The number of carbonyl (C=O) groups excluding carboxylic acids is 1. The van der Waals surface area contributed by atoms with Gasteiger partial charge in [-0.2, -0.15) is 0 Å². The standard InChI is InChI=1S/C15H21ClO2/c1-3-5-7-12(4-2)11-18-15-13(10-17)8-6-9-14(15)16/h6,8-10,12H,3-5,7,11H2,1-2H3. The Morgan fingerprint density at radius 1 is 1.39 bits per heavy atom. The summed E-state index contributed by atoms with van der Waals surface area (Å²) in [5, 5.41) is 0.505. The smallest absolute Gasteiger partial charge is 0.153 e. The largest absolute Gasteiger partial charge is 0.491 e. The highest BCUT2D eigenvalue weighted by Gasteiger charge is 2.11. The Morgan fingerprint density at radius 2 is 2.17 bits per heavy atom. The number of para-hydroxylation sites is 1. The second-order valence-electron chi connectivity index (χ2n) is 4.50. The van der Waals surface area contributed by atoms with E-state index in [9.17, 15) is 4.79 Å². The molecule has 100 valence electrons. The van der Waals surface area contributed by atoms with E-state index in [4.69, 9.17) is 16.3 Å². The number of hydrogen-bond donors (Lipinski definition) is 0. The molecule has 1 rings (SSSR count). The Bertz CT molecular complexity index is 377. The van der Waals surface area contributed by atoms with Crippen LogP contribution in [0.2, 0.25) is 5.02 Å². The first kappa shape index (κ1) is 15.0. The minimum atomic E-state index is 0.505. The first-order valence-electron chi connectivity index (χ1n) is 6.59. The van der Waals surface area contributed by atoms with E-state index < -0.39 is 0 Å². The Balaban J connectivity index is 2.64. The summed E-state index contributed by atoms with van der Waals surface area (Å²) in [5.41, 5.74) is 0.521. The number of carbonyl (C=O) groups is 1. The van der Waals surface area contributed by atoms with E-state index in [0.29, 0.717) is 28.9 Å². The molecule has 0 aliphatic rings. The molecule has 0 aliphatic carbocycles. The molecule has 3 heteroatoms. The van der Waals surface area contributed by atoms with Gasteiger partial charge in [-0.05, 0) is 24.5 Å². The normalized spacial score (nSPS) is 12.2. The zero-order chi connectivity index (χ0) is 13.4. The number of benzene rings is 1. The SMILES string of the molecule is CCCCC(CC)COc1c(Cl)cccc1C=O. The molecule has 0 spiro atoms. The van der Waals surface area contributed by atoms with Gasteiger partial charge in [-0.1, -0.05) is 50.8 Å². The molecule has 1 atom stereocenters. The van der Waals surface area contributed by atoms with E-state index in [1.54, 1.807) is 18.2 Å². The van der Waals surface area contributed by atoms with Crippen molar-refractivity contribution in [1.82, 2.24) is 0 Å². The lowest BCUT2D eigenvalue weighted by Crippen LogP contribution is -2.12. The summed E-state index contributed by atoms with van der Waals surface area (Å²) in [6.45, 7) is 4.98. The van der Waals surface area contributed by atoms with Gasteiger partial charge in [0.05, 0.1) is 17.2 Å². The molecule has 1 unspecified atom stereocenters. The third kappa shape index (κ3) is 4.34. The fourth-order valence-electron chi connectivity index (χ4n) is 1.87. The summed E-state index contributed by atoms with van der Waals surface area (Å²) >= 11 is 6.06. The maximum absolute atomic E-state index is 10.9. The monoisotopic (exact) mass is 268 g/mol. The summed E-state index contributed by atoms with van der Waals surface area (Å²) in [7, 11) is 0. The fraction of sp³-hybridized carbons (Fsp3) is 0.533. The van der Waals surface area contributed by atoms with Crippen molar-refractivity contribution in [3.8, 4) is 5.75 Å². The summed E-state index contributed by atoms with van der Waals surface area (Å²) in [4.78, 5) is 10.9. The zero-order valence-electron chi connectivity index (χ0n) is 11.1. The summed E-state index contributed by atoms with van der Waals surface area (Å²) < 4.78 is 5.75. The Morgan fingerprint density at radius 3 is 2.78 bits per heavy atom. The first-order chi connectivity index (χ1) is 8.72. The number of rotatable bonds is 8. The quantitative estimate of drug-likeness (QED) is 0.636. The van der Waals surface area contributed by atoms with E-state index in [1.807, 2.05) is 0 Å². The van der Waals surface area contributed by atoms with Crippen LogP contribution in [0.25, 0.3) is 0 Å². The van der Waals surface area contributed by atoms with Crippen molar-refractivity contribution in [2.75, 3.05) is 6.61 Å². The van der Waals surface area contributed by atoms with Crippen LogP contribution in [0.4, 0.5) is 0 Å². The molecule has 0 saturated heterocycles. The van der Waals surface area contributed by atoms with Gasteiger partial charge in [0.1, 0.15) is 5.75 Å². The molecule has 0 amide bonds. The van der Waals surface area contributed by atoms with Crippen molar-refractivity contribution >= 4 is 17.9 Å². The van der Waals surface area contributed by atoms with E-state index in [1.165, 1.54) is 12.8 Å². The van der Waals surface area contributed by atoms with Crippen LogP contribution in [0, 0.1) is 5.92 Å². The van der Waals surface area contributed by atoms with Gasteiger partial charge >= 0.3 is 0 Å². The van der Waals surface area contributed by atoms with E-state index in [2.05, 4.69) is 13.8 Å². The number of hydrogen-bond acceptors (Lipinski definition) is 2. The van der Waals surface area contributed by atoms with Crippen molar-refractivity contribution in [2.24, 2.45) is 5.92 Å². The molecular formula is C15H21ClO2. The van der Waals surface area contributed by atoms with Crippen molar-refractivity contribution in [2.45, 2.75) is 39.5 Å². The van der Waals surface area contributed by atoms with E-state index in [-0.39, 0.29) is 0 Å². The van der Waals surface area contributed by atoms with Crippen LogP contribution in [-0.4, -0.2) is 12.9 Å². The average molecular weight is 269 g/mol. The molecule has 1 aromatic carbocycles. The number of ether oxygens (including phenoxy) is 1. The second-order valence-corrected chi connectivity index (χ2v) is 4.91. The van der Waals surface area contributed by atoms with Gasteiger partial charge in [0, 0.05) is 0 Å². The lowest BCUT2D eigenvalue weighted by Gasteiger charge is -2.17. The molecule has 0 N–H and O–H groups in total. The molecule has 0 radical (unpaired) electrons. The van der Waals surface area contributed by atoms with Gasteiger partial charge in [0.2, 0.25) is 0 Å². The van der Waals surface area contributed by atoms with Gasteiger partial charge in [-0.15, -0.1) is 0 Å². The van der Waals surface area contributed by atoms with Crippen LogP contribution in [0.1, 0.15) is 49.9 Å². The molecule has 0 heterocycles. The maximum Gasteiger partial charge on any atom is 0.153 e. The van der Waals surface area contributed by atoms with Crippen molar-refractivity contribution < 1.29 is 9.53 Å². The van der Waals surface area contributed by atoms with Crippen LogP contribution in [0.3, 0.4) is 0 Å². The predicted octanol–water partition coefficient (Wildman–Crippen LogP) is 4.75. The first-order valence-corrected chi connectivity index (χ1v) is 6.97. The maximum atomic E-state index is 10.9. The predicted molar refractivity (Wildman–Crippen MR) is 75.6 cm³/mol. The molecule has 18 heavy (non-hydrogen) atoms. The minimum absolute atomic E-state index is 0.505. The van der Waals surface area contributed by atoms with Crippen LogP contribution < -0.4 is 4.74 Å². The molecule has 0 fully saturated rings. The van der Waals surface area contributed by atoms with Crippen LogP contribution in [0.5, 0.6) is 5.75 Å². The second kappa shape index (κ2) is 8.15. The van der Waals surface area contributed by atoms with E-state index in [0.717, 1.165) is 19.1 Å². The average Bonchev–Trinajstić information content (AvgIpc) is 2.40. The highest BCUT2D eigenvalue weighted by molar-refractivity contribution is 6.32. The molecular weight excluding hydrogens is 248 g/mol. The molecule has 0 bridgehead atoms. The lowest BCUT2D eigenvalue weighted by molar-refractivity contribution is 0.111. The Labute approximate surface area is 114 Å². The number of unbranched alkanes of at least 4 members (excludes halogenated alkanes) is 1.